The summed E-state index contributed by atoms with van der Waals surface area (Å²) >= 11 is 0.247. The third-order valence-corrected chi connectivity index (χ3v) is 9.12. The third-order valence-electron chi connectivity index (χ3n) is 2.12. The van der Waals surface area contributed by atoms with E-state index in [4.69, 9.17) is 0 Å². The Morgan fingerprint density at radius 3 is 1.40 bits per heavy atom. The Morgan fingerprint density at radius 2 is 1.20 bits per heavy atom. The molecule has 0 aliphatic rings. The molecule has 0 atom stereocenters. The smallest absolute Gasteiger partial charge is 2.00 e. The van der Waals surface area contributed by atoms with E-state index in [2.05, 4.69) is 27.7 Å². The molecule has 0 bridgehead atoms. The molecule has 1 nitrogen and oxygen atoms in total. The third kappa shape index (κ3) is 31.3. The molecule has 0 aromatic rings. The quantitative estimate of drug-likeness (QED) is 0.426. The second-order valence-electron chi connectivity index (χ2n) is 3.81. The van der Waals surface area contributed by atoms with Crippen LogP contribution in [0.25, 0.3) is 0 Å². The van der Waals surface area contributed by atoms with Crippen LogP contribution in [0.2, 0.25) is 18.9 Å². The van der Waals surface area contributed by atoms with Crippen LogP contribution >= 0.6 is 0 Å². The average molecular weight is 372 g/mol. The van der Waals surface area contributed by atoms with Crippen molar-refractivity contribution in [2.45, 2.75) is 72.3 Å². The van der Waals surface area contributed by atoms with Crippen molar-refractivity contribution in [2.24, 2.45) is 0 Å². The van der Waals surface area contributed by atoms with Crippen molar-refractivity contribution in [2.75, 3.05) is 0 Å². The Bertz CT molecular complexity index is 74.0. The number of hydrogen-bond acceptors (Lipinski definition) is 0. The minimum atomic E-state index is 0. The second kappa shape index (κ2) is 24.6. The molecule has 0 aliphatic carbocycles. The Balaban J connectivity index is -0.000000208. The van der Waals surface area contributed by atoms with E-state index in [1.165, 1.54) is 35.7 Å². The maximum Gasteiger partial charge on any atom is -2.00 e. The van der Waals surface area contributed by atoms with Crippen LogP contribution in [0.5, 0.6) is 0 Å². The molecule has 0 spiro atoms. The minimum absolute atomic E-state index is 0. The van der Waals surface area contributed by atoms with Crippen molar-refractivity contribution >= 4 is 21.1 Å². The first kappa shape index (κ1) is 21.6. The van der Waals surface area contributed by atoms with Gasteiger partial charge in [-0.25, -0.2) is 0 Å². The van der Waals surface area contributed by atoms with Gasteiger partial charge < -0.3 is 5.48 Å². The predicted octanol–water partition coefficient (Wildman–Crippen LogP) is 4.95. The molecule has 0 amide bonds. The van der Waals surface area contributed by atoms with Crippen LogP contribution in [0.1, 0.15) is 53.4 Å². The van der Waals surface area contributed by atoms with Gasteiger partial charge in [0.2, 0.25) is 0 Å². The monoisotopic (exact) mass is 372 g/mol. The number of hydrogen-bond donors (Lipinski definition) is 0. The van der Waals surface area contributed by atoms with Crippen LogP contribution in [-0.4, -0.2) is 21.1 Å². The van der Waals surface area contributed by atoms with Gasteiger partial charge in [0.05, 0.1) is 0 Å². The molecule has 0 saturated heterocycles. The maximum atomic E-state index is 2.30. The van der Waals surface area contributed by atoms with Crippen LogP contribution in [0.4, 0.5) is 0 Å². The molecule has 3 heteroatoms. The summed E-state index contributed by atoms with van der Waals surface area (Å²) in [5.74, 6) is 0. The summed E-state index contributed by atoms with van der Waals surface area (Å²) in [6, 6.07) is 0. The van der Waals surface area contributed by atoms with E-state index in [0.29, 0.717) is 0 Å². The minimum Gasteiger partial charge on any atom is -2.00 e. The fourth-order valence-electron chi connectivity index (χ4n) is 1.08. The zero-order valence-electron chi connectivity index (χ0n) is 11.3. The Hall–Kier alpha value is 1.38. The van der Waals surface area contributed by atoms with Crippen LogP contribution in [0.3, 0.4) is 0 Å². The molecule has 0 heterocycles. The van der Waals surface area contributed by atoms with Gasteiger partial charge in [-0.2, -0.15) is 0 Å². The zero-order valence-corrected chi connectivity index (χ0v) is 17.1. The molecule has 0 saturated carbocycles. The summed E-state index contributed by atoms with van der Waals surface area (Å²) in [5, 5.41) is 3.06. The zero-order chi connectivity index (χ0) is 11.1. The van der Waals surface area contributed by atoms with Gasteiger partial charge in [0.25, 0.3) is 0 Å². The van der Waals surface area contributed by atoms with Gasteiger partial charge >= 0.3 is 111 Å². The van der Waals surface area contributed by atoms with E-state index >= 15 is 0 Å². The summed E-state index contributed by atoms with van der Waals surface area (Å²) in [6.07, 6.45) is 5.84. The summed E-state index contributed by atoms with van der Waals surface area (Å²) in [7, 11) is 0. The van der Waals surface area contributed by atoms with Gasteiger partial charge in [0.15, 0.2) is 0 Å². The number of unbranched alkanes of at least 4 members (excludes halogenated alkanes) is 2. The summed E-state index contributed by atoms with van der Waals surface area (Å²) in [6.45, 7) is 9.17. The van der Waals surface area contributed by atoms with Crippen molar-refractivity contribution in [3.8, 4) is 0 Å². The molecule has 0 radical (unpaired) electrons. The van der Waals surface area contributed by atoms with Gasteiger partial charge in [-0.1, -0.05) is 0 Å². The van der Waals surface area contributed by atoms with Crippen LogP contribution in [0.15, 0.2) is 0 Å². The van der Waals surface area contributed by atoms with Crippen molar-refractivity contribution in [1.82, 2.24) is 0 Å². The van der Waals surface area contributed by atoms with Crippen LogP contribution < -0.4 is 0 Å². The SMILES string of the molecule is CCC[CH2][Sn+2][CH2]CCC.C[CH2][Zn][CH2]C.[O-2]. The normalized spacial score (nSPS) is 7.73. The maximum absolute atomic E-state index is 2.30. The van der Waals surface area contributed by atoms with Crippen molar-refractivity contribution in [1.29, 1.82) is 0 Å². The fraction of sp³-hybridized carbons (Fsp3) is 1.00. The molecule has 0 N–H and O–H groups in total. The van der Waals surface area contributed by atoms with Gasteiger partial charge in [-0.3, -0.25) is 0 Å². The molecule has 0 aromatic heterocycles. The molecule has 0 rings (SSSR count). The van der Waals surface area contributed by atoms with Crippen molar-refractivity contribution in [3.63, 3.8) is 0 Å². The topological polar surface area (TPSA) is 28.5 Å². The Kier molecular flexibility index (Phi) is 35.4. The van der Waals surface area contributed by atoms with Crippen molar-refractivity contribution in [3.05, 3.63) is 0 Å². The molecular formula is C12H28OSnZn. The van der Waals surface area contributed by atoms with Gasteiger partial charge in [-0.05, 0) is 0 Å². The van der Waals surface area contributed by atoms with Gasteiger partial charge in [0.1, 0.15) is 0 Å². The predicted molar refractivity (Wildman–Crippen MR) is 66.8 cm³/mol. The van der Waals surface area contributed by atoms with Gasteiger partial charge in [0, 0.05) is 0 Å². The van der Waals surface area contributed by atoms with Crippen molar-refractivity contribution < 1.29 is 22.6 Å². The van der Waals surface area contributed by atoms with E-state index in [1.807, 2.05) is 0 Å². The summed E-state index contributed by atoms with van der Waals surface area (Å²) < 4.78 is 3.25. The average Bonchev–Trinajstić information content (AvgIpc) is 2.20. The molecule has 0 aromatic carbocycles. The largest absolute Gasteiger partial charge is 2.00 e. The van der Waals surface area contributed by atoms with E-state index in [9.17, 15) is 0 Å². The van der Waals surface area contributed by atoms with E-state index in [1.54, 1.807) is 8.87 Å². The summed E-state index contributed by atoms with van der Waals surface area (Å²) in [4.78, 5) is 0. The molecular weight excluding hydrogens is 344 g/mol. The first-order valence-electron chi connectivity index (χ1n) is 6.54. The summed E-state index contributed by atoms with van der Waals surface area (Å²) in [5.41, 5.74) is 0. The van der Waals surface area contributed by atoms with E-state index < -0.39 is 0 Å². The standard InChI is InChI=1S/2C4H9.2C2H5.O.Sn.Zn/c2*1-3-4-2;2*1-2;;;/h2*1,3-4H2,2H3;2*1H2,2H3;;;/q;;;;-2;+2;. The Morgan fingerprint density at radius 1 is 0.800 bits per heavy atom. The van der Waals surface area contributed by atoms with Crippen LogP contribution in [0, 0.1) is 0 Å². The van der Waals surface area contributed by atoms with E-state index in [-0.39, 0.29) is 43.7 Å². The first-order chi connectivity index (χ1) is 6.83. The van der Waals surface area contributed by atoms with E-state index in [0.717, 1.165) is 0 Å². The molecule has 15 heavy (non-hydrogen) atoms. The fourth-order valence-corrected chi connectivity index (χ4v) is 6.72. The molecule has 88 valence electrons. The number of rotatable bonds is 8. The molecule has 0 unspecified atom stereocenters. The van der Waals surface area contributed by atoms with Gasteiger partial charge in [-0.15, -0.1) is 0 Å². The Labute approximate surface area is 115 Å². The molecule has 0 aliphatic heterocycles. The van der Waals surface area contributed by atoms with Crippen LogP contribution in [-0.2, 0) is 22.6 Å². The second-order valence-corrected chi connectivity index (χ2v) is 13.8. The first-order valence-corrected chi connectivity index (χ1v) is 14.8. The molecule has 0 fully saturated rings.